The maximum absolute atomic E-state index is 6.23. The van der Waals surface area contributed by atoms with Gasteiger partial charge in [-0.2, -0.15) is 0 Å². The van der Waals surface area contributed by atoms with Crippen molar-refractivity contribution in [1.82, 2.24) is 0 Å². The van der Waals surface area contributed by atoms with Gasteiger partial charge in [-0.25, -0.2) is 0 Å². The fourth-order valence-electron chi connectivity index (χ4n) is 4.12. The minimum atomic E-state index is 0.176. The topological polar surface area (TPSA) is 30.5 Å². The minimum absolute atomic E-state index is 0.176. The Morgan fingerprint density at radius 1 is 1.17 bits per heavy atom. The highest BCUT2D eigenvalue weighted by molar-refractivity contribution is 5.59. The summed E-state index contributed by atoms with van der Waals surface area (Å²) in [5.41, 5.74) is 5.03. The fraction of sp³-hybridized carbons (Fsp3) is 0.429. The molecule has 0 aromatic heterocycles. The number of anilines is 1. The number of rotatable bonds is 3. The molecule has 126 valence electrons. The molecule has 3 heteroatoms. The molecule has 0 radical (unpaired) electrons. The van der Waals surface area contributed by atoms with Crippen molar-refractivity contribution < 1.29 is 9.47 Å². The van der Waals surface area contributed by atoms with Gasteiger partial charge in [-0.1, -0.05) is 35.9 Å². The molecule has 2 aliphatic heterocycles. The normalized spacial score (nSPS) is 25.3. The molecule has 0 saturated carbocycles. The number of hydrogen-bond donors (Lipinski definition) is 1. The summed E-state index contributed by atoms with van der Waals surface area (Å²) in [6.45, 7) is 5.72. The summed E-state index contributed by atoms with van der Waals surface area (Å²) < 4.78 is 12.1. The number of hydrogen-bond acceptors (Lipinski definition) is 3. The van der Waals surface area contributed by atoms with Crippen LogP contribution in [0, 0.1) is 12.8 Å². The summed E-state index contributed by atoms with van der Waals surface area (Å²) in [5, 5.41) is 3.78. The third-order valence-corrected chi connectivity index (χ3v) is 5.17. The predicted molar refractivity (Wildman–Crippen MR) is 96.6 cm³/mol. The van der Waals surface area contributed by atoms with Crippen LogP contribution < -0.4 is 10.1 Å². The van der Waals surface area contributed by atoms with Crippen LogP contribution in [0.4, 0.5) is 5.69 Å². The number of aryl methyl sites for hydroxylation is 1. The molecule has 1 fully saturated rings. The molecule has 0 unspecified atom stereocenters. The standard InChI is InChI=1S/C21H25NO2/c1-3-23-19-9-5-4-7-15(19)20-16-8-6-12-24-21(16)17-13-14(2)10-11-18(17)22-20/h4-5,7,9-11,13,16,20-22H,3,6,8,12H2,1-2H3/t16-,20-,21-/m0/s1. The Balaban J connectivity index is 1.78. The molecular formula is C21H25NO2. The highest BCUT2D eigenvalue weighted by Gasteiger charge is 2.40. The van der Waals surface area contributed by atoms with E-state index in [-0.39, 0.29) is 12.1 Å². The molecule has 3 atom stereocenters. The molecule has 2 aromatic rings. The minimum Gasteiger partial charge on any atom is -0.494 e. The van der Waals surface area contributed by atoms with Gasteiger partial charge in [0.05, 0.1) is 18.8 Å². The van der Waals surface area contributed by atoms with Crippen LogP contribution in [0.25, 0.3) is 0 Å². The Kier molecular flexibility index (Phi) is 4.19. The molecule has 0 spiro atoms. The van der Waals surface area contributed by atoms with Crippen LogP contribution in [0.1, 0.15) is 48.6 Å². The predicted octanol–water partition coefficient (Wildman–Crippen LogP) is 5.03. The van der Waals surface area contributed by atoms with E-state index in [1.165, 1.54) is 28.8 Å². The van der Waals surface area contributed by atoms with Crippen molar-refractivity contribution in [3.63, 3.8) is 0 Å². The molecule has 2 aromatic carbocycles. The highest BCUT2D eigenvalue weighted by Crippen LogP contribution is 2.50. The quantitative estimate of drug-likeness (QED) is 0.859. The zero-order valence-corrected chi connectivity index (χ0v) is 14.4. The van der Waals surface area contributed by atoms with E-state index in [2.05, 4.69) is 48.6 Å². The molecule has 0 aliphatic carbocycles. The third-order valence-electron chi connectivity index (χ3n) is 5.17. The molecule has 2 aliphatic rings. The Labute approximate surface area is 144 Å². The van der Waals surface area contributed by atoms with Crippen molar-refractivity contribution in [2.24, 2.45) is 5.92 Å². The number of fused-ring (bicyclic) bond motifs is 3. The summed E-state index contributed by atoms with van der Waals surface area (Å²) in [6, 6.07) is 15.3. The Morgan fingerprint density at radius 2 is 2.04 bits per heavy atom. The van der Waals surface area contributed by atoms with Gasteiger partial charge in [0.15, 0.2) is 0 Å². The summed E-state index contributed by atoms with van der Waals surface area (Å²) >= 11 is 0. The van der Waals surface area contributed by atoms with Crippen LogP contribution in [-0.4, -0.2) is 13.2 Å². The van der Waals surface area contributed by atoms with E-state index in [0.717, 1.165) is 18.8 Å². The van der Waals surface area contributed by atoms with Crippen LogP contribution in [0.2, 0.25) is 0 Å². The van der Waals surface area contributed by atoms with Crippen LogP contribution in [0.3, 0.4) is 0 Å². The largest absolute Gasteiger partial charge is 0.494 e. The van der Waals surface area contributed by atoms with E-state index in [0.29, 0.717) is 12.5 Å². The van der Waals surface area contributed by atoms with Gasteiger partial charge in [0.1, 0.15) is 5.75 Å². The lowest BCUT2D eigenvalue weighted by molar-refractivity contribution is -0.0383. The molecule has 3 nitrogen and oxygen atoms in total. The Hall–Kier alpha value is -2.00. The van der Waals surface area contributed by atoms with Gasteiger partial charge < -0.3 is 14.8 Å². The first-order valence-electron chi connectivity index (χ1n) is 8.98. The van der Waals surface area contributed by atoms with Crippen molar-refractivity contribution in [1.29, 1.82) is 0 Å². The average Bonchev–Trinajstić information content (AvgIpc) is 2.62. The van der Waals surface area contributed by atoms with Gasteiger partial charge in [0, 0.05) is 29.3 Å². The average molecular weight is 323 g/mol. The van der Waals surface area contributed by atoms with Crippen molar-refractivity contribution in [2.75, 3.05) is 18.5 Å². The molecule has 1 N–H and O–H groups in total. The first-order valence-corrected chi connectivity index (χ1v) is 8.98. The van der Waals surface area contributed by atoms with Crippen LogP contribution in [0.5, 0.6) is 5.75 Å². The van der Waals surface area contributed by atoms with Gasteiger partial charge >= 0.3 is 0 Å². The SMILES string of the molecule is CCOc1ccccc1[C@@H]1Nc2ccc(C)cc2[C@H]2OCCC[C@H]21. The summed E-state index contributed by atoms with van der Waals surface area (Å²) in [5.74, 6) is 1.42. The number of para-hydroxylation sites is 1. The smallest absolute Gasteiger partial charge is 0.124 e. The van der Waals surface area contributed by atoms with Crippen LogP contribution in [-0.2, 0) is 4.74 Å². The summed E-state index contributed by atoms with van der Waals surface area (Å²) in [4.78, 5) is 0. The zero-order chi connectivity index (χ0) is 16.5. The highest BCUT2D eigenvalue weighted by atomic mass is 16.5. The van der Waals surface area contributed by atoms with Crippen LogP contribution >= 0.6 is 0 Å². The second-order valence-corrected chi connectivity index (χ2v) is 6.78. The van der Waals surface area contributed by atoms with E-state index >= 15 is 0 Å². The number of nitrogens with one attached hydrogen (secondary N) is 1. The first-order chi connectivity index (χ1) is 11.8. The van der Waals surface area contributed by atoms with Gasteiger partial charge in [-0.3, -0.25) is 0 Å². The molecule has 0 bridgehead atoms. The van der Waals surface area contributed by atoms with Crippen molar-refractivity contribution in [3.8, 4) is 5.75 Å². The lowest BCUT2D eigenvalue weighted by Gasteiger charge is -2.43. The lowest BCUT2D eigenvalue weighted by Crippen LogP contribution is -2.36. The van der Waals surface area contributed by atoms with E-state index in [1.807, 2.05) is 13.0 Å². The number of benzene rings is 2. The first kappa shape index (κ1) is 15.5. The Morgan fingerprint density at radius 3 is 2.92 bits per heavy atom. The molecular weight excluding hydrogens is 298 g/mol. The second-order valence-electron chi connectivity index (χ2n) is 6.78. The molecule has 1 saturated heterocycles. The summed E-state index contributed by atoms with van der Waals surface area (Å²) in [7, 11) is 0. The lowest BCUT2D eigenvalue weighted by atomic mass is 9.77. The Bertz CT molecular complexity index is 728. The molecule has 2 heterocycles. The zero-order valence-electron chi connectivity index (χ0n) is 14.4. The van der Waals surface area contributed by atoms with Crippen molar-refractivity contribution in [3.05, 3.63) is 59.2 Å². The van der Waals surface area contributed by atoms with Gasteiger partial charge in [0.2, 0.25) is 0 Å². The van der Waals surface area contributed by atoms with E-state index in [9.17, 15) is 0 Å². The van der Waals surface area contributed by atoms with E-state index < -0.39 is 0 Å². The summed E-state index contributed by atoms with van der Waals surface area (Å²) in [6.07, 6.45) is 2.47. The monoisotopic (exact) mass is 323 g/mol. The van der Waals surface area contributed by atoms with Gasteiger partial charge in [-0.15, -0.1) is 0 Å². The van der Waals surface area contributed by atoms with Crippen molar-refractivity contribution >= 4 is 5.69 Å². The van der Waals surface area contributed by atoms with Gasteiger partial charge in [-0.05, 0) is 38.8 Å². The molecule has 24 heavy (non-hydrogen) atoms. The van der Waals surface area contributed by atoms with E-state index in [1.54, 1.807) is 0 Å². The van der Waals surface area contributed by atoms with Crippen molar-refractivity contribution in [2.45, 2.75) is 38.8 Å². The molecule has 0 amide bonds. The number of ether oxygens (including phenoxy) is 2. The van der Waals surface area contributed by atoms with E-state index in [4.69, 9.17) is 9.47 Å². The third kappa shape index (κ3) is 2.67. The molecule has 4 rings (SSSR count). The maximum Gasteiger partial charge on any atom is 0.124 e. The maximum atomic E-state index is 6.23. The van der Waals surface area contributed by atoms with Gasteiger partial charge in [0.25, 0.3) is 0 Å². The van der Waals surface area contributed by atoms with Crippen LogP contribution in [0.15, 0.2) is 42.5 Å². The second kappa shape index (κ2) is 6.48. The fourth-order valence-corrected chi connectivity index (χ4v) is 4.12.